The standard InChI is InChI=1S/C24H31N3O5S/c1-15-7-6-8-20(27-23(29)32-24(2,3)4)21-13-16(11-12-25-21)18-14-17(33(5,30)31)9-10-19(18)26-22(15)28/h9-15,20H,6-8H2,1-5H3,(H,26,28)(H,27,29)/t15-,20+/m1/s1. The van der Waals surface area contributed by atoms with Crippen LogP contribution in [0.25, 0.3) is 11.1 Å². The van der Waals surface area contributed by atoms with Crippen molar-refractivity contribution in [1.29, 1.82) is 0 Å². The van der Waals surface area contributed by atoms with Crippen LogP contribution in [0.2, 0.25) is 0 Å². The van der Waals surface area contributed by atoms with Crippen molar-refractivity contribution in [2.24, 2.45) is 5.92 Å². The highest BCUT2D eigenvalue weighted by Crippen LogP contribution is 2.33. The van der Waals surface area contributed by atoms with Crippen molar-refractivity contribution in [3.05, 3.63) is 42.2 Å². The zero-order chi connectivity index (χ0) is 24.4. The highest BCUT2D eigenvalue weighted by atomic mass is 32.2. The molecule has 1 aliphatic rings. The third-order valence-corrected chi connectivity index (χ3v) is 6.50. The number of pyridine rings is 1. The number of hydrogen-bond donors (Lipinski definition) is 2. The summed E-state index contributed by atoms with van der Waals surface area (Å²) in [5, 5.41) is 5.84. The Bertz CT molecular complexity index is 1150. The van der Waals surface area contributed by atoms with Gasteiger partial charge in [0.05, 0.1) is 16.6 Å². The van der Waals surface area contributed by atoms with Crippen LogP contribution in [0.3, 0.4) is 0 Å². The van der Waals surface area contributed by atoms with E-state index in [4.69, 9.17) is 4.74 Å². The van der Waals surface area contributed by atoms with Gasteiger partial charge in [-0.15, -0.1) is 0 Å². The van der Waals surface area contributed by atoms with Gasteiger partial charge < -0.3 is 15.4 Å². The second-order valence-electron chi connectivity index (χ2n) is 9.47. The van der Waals surface area contributed by atoms with Gasteiger partial charge in [0.15, 0.2) is 9.84 Å². The molecule has 1 aromatic carbocycles. The van der Waals surface area contributed by atoms with Crippen LogP contribution in [0.5, 0.6) is 0 Å². The van der Waals surface area contributed by atoms with Crippen LogP contribution in [-0.2, 0) is 19.4 Å². The lowest BCUT2D eigenvalue weighted by molar-refractivity contribution is -0.119. The van der Waals surface area contributed by atoms with Crippen LogP contribution in [0.4, 0.5) is 10.5 Å². The van der Waals surface area contributed by atoms with E-state index < -0.39 is 27.6 Å². The monoisotopic (exact) mass is 473 g/mol. The number of anilines is 1. The fourth-order valence-electron chi connectivity index (χ4n) is 3.67. The maximum Gasteiger partial charge on any atom is 0.408 e. The van der Waals surface area contributed by atoms with Crippen LogP contribution in [0, 0.1) is 5.92 Å². The SMILES string of the molecule is C[C@@H]1CCC[C@H](NC(=O)OC(C)(C)C)c2cc(ccn2)-c2cc(S(C)(=O)=O)ccc2NC1=O. The minimum atomic E-state index is -3.45. The smallest absolute Gasteiger partial charge is 0.408 e. The van der Waals surface area contributed by atoms with Gasteiger partial charge in [0, 0.05) is 29.6 Å². The first-order valence-corrected chi connectivity index (χ1v) is 12.8. The van der Waals surface area contributed by atoms with Crippen molar-refractivity contribution in [2.75, 3.05) is 11.6 Å². The lowest BCUT2D eigenvalue weighted by Gasteiger charge is -2.25. The number of amides is 2. The molecule has 8 nitrogen and oxygen atoms in total. The summed E-state index contributed by atoms with van der Waals surface area (Å²) in [6.45, 7) is 7.23. The molecule has 178 valence electrons. The van der Waals surface area contributed by atoms with Gasteiger partial charge in [-0.3, -0.25) is 9.78 Å². The Morgan fingerprint density at radius 2 is 1.91 bits per heavy atom. The molecule has 33 heavy (non-hydrogen) atoms. The van der Waals surface area contributed by atoms with Crippen LogP contribution < -0.4 is 10.6 Å². The number of hydrogen-bond acceptors (Lipinski definition) is 6. The van der Waals surface area contributed by atoms with Gasteiger partial charge in [-0.1, -0.05) is 13.3 Å². The van der Waals surface area contributed by atoms with Gasteiger partial charge in [-0.05, 0) is 69.5 Å². The summed E-state index contributed by atoms with van der Waals surface area (Å²) in [5.41, 5.74) is 1.77. The minimum Gasteiger partial charge on any atom is -0.444 e. The molecule has 2 atom stereocenters. The largest absolute Gasteiger partial charge is 0.444 e. The van der Waals surface area contributed by atoms with Gasteiger partial charge in [0.1, 0.15) is 5.60 Å². The Kier molecular flexibility index (Phi) is 7.11. The number of rotatable bonds is 2. The molecule has 2 amide bonds. The number of carbonyl (C=O) groups is 2. The summed E-state index contributed by atoms with van der Waals surface area (Å²) >= 11 is 0. The van der Waals surface area contributed by atoms with E-state index in [1.165, 1.54) is 6.07 Å². The number of alkyl carbamates (subject to hydrolysis) is 1. The van der Waals surface area contributed by atoms with Crippen molar-refractivity contribution >= 4 is 27.5 Å². The predicted molar refractivity (Wildman–Crippen MR) is 127 cm³/mol. The molecule has 2 aromatic rings. The molecule has 0 fully saturated rings. The van der Waals surface area contributed by atoms with Crippen LogP contribution in [-0.4, -0.2) is 37.3 Å². The summed E-state index contributed by atoms with van der Waals surface area (Å²) < 4.78 is 29.7. The molecule has 2 N–H and O–H groups in total. The van der Waals surface area contributed by atoms with E-state index in [1.54, 1.807) is 45.2 Å². The maximum absolute atomic E-state index is 12.8. The normalized spacial score (nSPS) is 19.4. The van der Waals surface area contributed by atoms with Gasteiger partial charge in [-0.25, -0.2) is 13.2 Å². The van der Waals surface area contributed by atoms with E-state index in [2.05, 4.69) is 15.6 Å². The molecular formula is C24H31N3O5S. The number of fused-ring (bicyclic) bond motifs is 4. The molecule has 1 aromatic heterocycles. The van der Waals surface area contributed by atoms with E-state index in [0.29, 0.717) is 41.8 Å². The van der Waals surface area contributed by atoms with Crippen molar-refractivity contribution in [3.63, 3.8) is 0 Å². The van der Waals surface area contributed by atoms with Crippen LogP contribution in [0.15, 0.2) is 41.4 Å². The quantitative estimate of drug-likeness (QED) is 0.665. The Balaban J connectivity index is 2.09. The lowest BCUT2D eigenvalue weighted by atomic mass is 9.95. The van der Waals surface area contributed by atoms with Crippen molar-refractivity contribution in [3.8, 4) is 11.1 Å². The van der Waals surface area contributed by atoms with Crippen molar-refractivity contribution in [1.82, 2.24) is 10.3 Å². The molecule has 3 rings (SSSR count). The molecular weight excluding hydrogens is 442 g/mol. The predicted octanol–water partition coefficient (Wildman–Crippen LogP) is 4.48. The summed E-state index contributed by atoms with van der Waals surface area (Å²) in [4.78, 5) is 29.9. The minimum absolute atomic E-state index is 0.144. The molecule has 0 spiro atoms. The Morgan fingerprint density at radius 1 is 1.18 bits per heavy atom. The van der Waals surface area contributed by atoms with E-state index in [9.17, 15) is 18.0 Å². The fourth-order valence-corrected chi connectivity index (χ4v) is 4.31. The number of benzene rings is 1. The second-order valence-corrected chi connectivity index (χ2v) is 11.5. The van der Waals surface area contributed by atoms with E-state index in [0.717, 1.165) is 6.26 Å². The van der Waals surface area contributed by atoms with E-state index in [1.807, 2.05) is 13.0 Å². The summed E-state index contributed by atoms with van der Waals surface area (Å²) in [7, 11) is -3.45. The average Bonchev–Trinajstić information content (AvgIpc) is 2.70. The third kappa shape index (κ3) is 6.54. The van der Waals surface area contributed by atoms with E-state index in [-0.39, 0.29) is 16.7 Å². The summed E-state index contributed by atoms with van der Waals surface area (Å²) in [5.74, 6) is -0.407. The topological polar surface area (TPSA) is 114 Å². The first kappa shape index (κ1) is 24.7. The number of nitrogens with zero attached hydrogens (tertiary/aromatic N) is 1. The third-order valence-electron chi connectivity index (χ3n) is 5.39. The molecule has 0 saturated carbocycles. The zero-order valence-corrected chi connectivity index (χ0v) is 20.5. The summed E-state index contributed by atoms with van der Waals surface area (Å²) in [6, 6.07) is 7.79. The van der Waals surface area contributed by atoms with Crippen molar-refractivity contribution < 1.29 is 22.7 Å². The first-order chi connectivity index (χ1) is 15.3. The first-order valence-electron chi connectivity index (χ1n) is 10.9. The van der Waals surface area contributed by atoms with Gasteiger partial charge in [0.25, 0.3) is 0 Å². The molecule has 0 unspecified atom stereocenters. The molecule has 1 aliphatic heterocycles. The van der Waals surface area contributed by atoms with Gasteiger partial charge in [0.2, 0.25) is 5.91 Å². The maximum atomic E-state index is 12.8. The number of carbonyl (C=O) groups excluding carboxylic acids is 2. The number of nitrogens with one attached hydrogen (secondary N) is 2. The highest BCUT2D eigenvalue weighted by Gasteiger charge is 2.24. The molecule has 0 radical (unpaired) electrons. The zero-order valence-electron chi connectivity index (χ0n) is 19.6. The highest BCUT2D eigenvalue weighted by molar-refractivity contribution is 7.90. The Hall–Kier alpha value is -2.94. The number of sulfone groups is 1. The molecule has 2 bridgehead atoms. The fraction of sp³-hybridized carbons (Fsp3) is 0.458. The Labute approximate surface area is 195 Å². The Morgan fingerprint density at radius 3 is 2.58 bits per heavy atom. The average molecular weight is 474 g/mol. The molecule has 0 aliphatic carbocycles. The molecule has 2 heterocycles. The number of ether oxygens (including phenoxy) is 1. The molecule has 0 saturated heterocycles. The van der Waals surface area contributed by atoms with Crippen molar-refractivity contribution in [2.45, 2.75) is 63.5 Å². The lowest BCUT2D eigenvalue weighted by Crippen LogP contribution is -2.35. The summed E-state index contributed by atoms with van der Waals surface area (Å²) in [6.07, 6.45) is 4.10. The molecule has 9 heteroatoms. The second kappa shape index (κ2) is 9.51. The van der Waals surface area contributed by atoms with Crippen LogP contribution >= 0.6 is 0 Å². The van der Waals surface area contributed by atoms with Gasteiger partial charge in [-0.2, -0.15) is 0 Å². The van der Waals surface area contributed by atoms with E-state index >= 15 is 0 Å². The van der Waals surface area contributed by atoms with Gasteiger partial charge >= 0.3 is 6.09 Å². The number of aromatic nitrogens is 1. The van der Waals surface area contributed by atoms with Crippen LogP contribution in [0.1, 0.15) is 58.7 Å².